The Kier molecular flexibility index (Phi) is 5.08. The summed E-state index contributed by atoms with van der Waals surface area (Å²) in [4.78, 5) is 14.8. The molecular weight excluding hydrogens is 406 g/mol. The number of para-hydroxylation sites is 1. The maximum absolute atomic E-state index is 12.8. The number of thiophene rings is 1. The van der Waals surface area contributed by atoms with Crippen molar-refractivity contribution in [3.63, 3.8) is 0 Å². The fourth-order valence-electron chi connectivity index (χ4n) is 4.09. The molecule has 0 atom stereocenters. The zero-order valence-corrected chi connectivity index (χ0v) is 18.3. The highest BCUT2D eigenvalue weighted by atomic mass is 32.1. The first-order valence-corrected chi connectivity index (χ1v) is 11.1. The van der Waals surface area contributed by atoms with Gasteiger partial charge in [-0.3, -0.25) is 4.79 Å². The first-order chi connectivity index (χ1) is 15.1. The number of hydrogen-bond acceptors (Lipinski definition) is 4. The number of carbonyl (C=O) groups excluding carboxylic acids is 1. The second kappa shape index (κ2) is 8.04. The normalized spacial score (nSPS) is 12.2. The summed E-state index contributed by atoms with van der Waals surface area (Å²) in [6.07, 6.45) is 1.84. The maximum atomic E-state index is 12.8. The van der Waals surface area contributed by atoms with Crippen LogP contribution in [0, 0.1) is 6.92 Å². The Bertz CT molecular complexity index is 1240. The van der Waals surface area contributed by atoms with E-state index in [9.17, 15) is 4.79 Å². The molecule has 0 radical (unpaired) electrons. The summed E-state index contributed by atoms with van der Waals surface area (Å²) in [5, 5.41) is 7.86. The Morgan fingerprint density at radius 1 is 1.13 bits per heavy atom. The van der Waals surface area contributed by atoms with Crippen LogP contribution in [0.15, 0.2) is 60.7 Å². The molecule has 2 heterocycles. The topological polar surface area (TPSA) is 56.1 Å². The van der Waals surface area contributed by atoms with Crippen LogP contribution in [0.25, 0.3) is 16.1 Å². The van der Waals surface area contributed by atoms with Crippen LogP contribution in [-0.2, 0) is 19.4 Å². The van der Waals surface area contributed by atoms with E-state index in [0.29, 0.717) is 6.54 Å². The molecule has 1 amide bonds. The van der Waals surface area contributed by atoms with Crippen LogP contribution in [0.2, 0.25) is 0 Å². The van der Waals surface area contributed by atoms with E-state index in [1.165, 1.54) is 21.7 Å². The number of methoxy groups -OCH3 is 1. The predicted octanol–water partition coefficient (Wildman–Crippen LogP) is 4.95. The molecule has 156 valence electrons. The highest BCUT2D eigenvalue weighted by molar-refractivity contribution is 7.17. The van der Waals surface area contributed by atoms with Gasteiger partial charge in [-0.1, -0.05) is 30.3 Å². The van der Waals surface area contributed by atoms with Gasteiger partial charge >= 0.3 is 0 Å². The fraction of sp³-hybridized carbons (Fsp3) is 0.200. The van der Waals surface area contributed by atoms with Crippen LogP contribution < -0.4 is 10.1 Å². The lowest BCUT2D eigenvalue weighted by atomic mass is 9.95. The SMILES string of the molecule is COc1ccc(CNC(=O)c2cc3c(s2)-c2c(C)nn(-c4ccccc4)c2CC3)cc1. The van der Waals surface area contributed by atoms with Crippen molar-refractivity contribution in [3.05, 3.63) is 88.1 Å². The average molecular weight is 430 g/mol. The van der Waals surface area contributed by atoms with Crippen molar-refractivity contribution in [2.24, 2.45) is 0 Å². The Labute approximate surface area is 185 Å². The smallest absolute Gasteiger partial charge is 0.261 e. The summed E-state index contributed by atoms with van der Waals surface area (Å²) in [5.74, 6) is 0.771. The van der Waals surface area contributed by atoms with Crippen molar-refractivity contribution in [3.8, 4) is 21.9 Å². The van der Waals surface area contributed by atoms with E-state index in [2.05, 4.69) is 29.1 Å². The number of nitrogens with one attached hydrogen (secondary N) is 1. The monoisotopic (exact) mass is 429 g/mol. The molecule has 2 aromatic carbocycles. The molecule has 0 unspecified atom stereocenters. The van der Waals surface area contributed by atoms with Gasteiger partial charge in [-0.2, -0.15) is 5.10 Å². The number of ether oxygens (including phenoxy) is 1. The standard InChI is InChI=1S/C25H23N3O2S/c1-16-23-21(28(27-16)19-6-4-3-5-7-19)13-10-18-14-22(31-24(18)23)25(29)26-15-17-8-11-20(30-2)12-9-17/h3-9,11-12,14H,10,13,15H2,1-2H3,(H,26,29). The fourth-order valence-corrected chi connectivity index (χ4v) is 5.33. The van der Waals surface area contributed by atoms with E-state index in [1.807, 2.05) is 48.5 Å². The molecule has 5 rings (SSSR count). The summed E-state index contributed by atoms with van der Waals surface area (Å²) < 4.78 is 7.24. The van der Waals surface area contributed by atoms with E-state index < -0.39 is 0 Å². The number of aromatic nitrogens is 2. The minimum Gasteiger partial charge on any atom is -0.497 e. The van der Waals surface area contributed by atoms with Crippen molar-refractivity contribution in [1.29, 1.82) is 0 Å². The third-order valence-corrected chi connectivity index (χ3v) is 6.85. The van der Waals surface area contributed by atoms with Crippen molar-refractivity contribution in [2.45, 2.75) is 26.3 Å². The van der Waals surface area contributed by atoms with Crippen LogP contribution in [-0.4, -0.2) is 22.8 Å². The summed E-state index contributed by atoms with van der Waals surface area (Å²) >= 11 is 1.56. The number of rotatable bonds is 5. The molecule has 0 saturated carbocycles. The van der Waals surface area contributed by atoms with Gasteiger partial charge in [0.2, 0.25) is 0 Å². The number of amides is 1. The van der Waals surface area contributed by atoms with Gasteiger partial charge in [0.25, 0.3) is 5.91 Å². The summed E-state index contributed by atoms with van der Waals surface area (Å²) in [6.45, 7) is 2.54. The molecule has 0 saturated heterocycles. The number of fused-ring (bicyclic) bond motifs is 3. The summed E-state index contributed by atoms with van der Waals surface area (Å²) in [6, 6.07) is 20.0. The largest absolute Gasteiger partial charge is 0.497 e. The van der Waals surface area contributed by atoms with Crippen molar-refractivity contribution in [2.75, 3.05) is 7.11 Å². The Hall–Kier alpha value is -3.38. The lowest BCUT2D eigenvalue weighted by Crippen LogP contribution is -2.21. The molecule has 1 aliphatic carbocycles. The first-order valence-electron chi connectivity index (χ1n) is 10.3. The second-order valence-electron chi connectivity index (χ2n) is 7.65. The molecule has 6 heteroatoms. The average Bonchev–Trinajstić information content (AvgIpc) is 3.39. The molecule has 31 heavy (non-hydrogen) atoms. The zero-order valence-electron chi connectivity index (χ0n) is 17.5. The molecule has 1 N–H and O–H groups in total. The Morgan fingerprint density at radius 2 is 1.90 bits per heavy atom. The van der Waals surface area contributed by atoms with Gasteiger partial charge in [-0.05, 0) is 61.2 Å². The highest BCUT2D eigenvalue weighted by Gasteiger charge is 2.27. The molecule has 1 aliphatic rings. The highest BCUT2D eigenvalue weighted by Crippen LogP contribution is 2.42. The third-order valence-electron chi connectivity index (χ3n) is 5.66. The molecule has 5 nitrogen and oxygen atoms in total. The lowest BCUT2D eigenvalue weighted by Gasteiger charge is -2.14. The zero-order chi connectivity index (χ0) is 21.4. The van der Waals surface area contributed by atoms with Crippen LogP contribution in [0.4, 0.5) is 0 Å². The number of aryl methyl sites for hydroxylation is 2. The van der Waals surface area contributed by atoms with Gasteiger partial charge in [0.05, 0.1) is 29.1 Å². The molecule has 4 aromatic rings. The van der Waals surface area contributed by atoms with Crippen LogP contribution in [0.1, 0.15) is 32.2 Å². The van der Waals surface area contributed by atoms with E-state index in [4.69, 9.17) is 9.84 Å². The predicted molar refractivity (Wildman–Crippen MR) is 123 cm³/mol. The van der Waals surface area contributed by atoms with Crippen molar-refractivity contribution >= 4 is 17.2 Å². The van der Waals surface area contributed by atoms with Gasteiger partial charge < -0.3 is 10.1 Å². The van der Waals surface area contributed by atoms with Gasteiger partial charge in [0.1, 0.15) is 5.75 Å². The van der Waals surface area contributed by atoms with Crippen LogP contribution >= 0.6 is 11.3 Å². The molecule has 0 aliphatic heterocycles. The number of nitrogens with zero attached hydrogens (tertiary/aromatic N) is 2. The summed E-state index contributed by atoms with van der Waals surface area (Å²) in [7, 11) is 1.64. The minimum absolute atomic E-state index is 0.0372. The molecule has 0 spiro atoms. The van der Waals surface area contributed by atoms with E-state index >= 15 is 0 Å². The second-order valence-corrected chi connectivity index (χ2v) is 8.70. The molecule has 2 aromatic heterocycles. The summed E-state index contributed by atoms with van der Waals surface area (Å²) in [5.41, 5.74) is 6.77. The van der Waals surface area contributed by atoms with Crippen LogP contribution in [0.3, 0.4) is 0 Å². The third kappa shape index (κ3) is 3.64. The Morgan fingerprint density at radius 3 is 2.65 bits per heavy atom. The van der Waals surface area contributed by atoms with Crippen molar-refractivity contribution < 1.29 is 9.53 Å². The van der Waals surface area contributed by atoms with Crippen molar-refractivity contribution in [1.82, 2.24) is 15.1 Å². The van der Waals surface area contributed by atoms with Crippen LogP contribution in [0.5, 0.6) is 5.75 Å². The number of carbonyl (C=O) groups is 1. The minimum atomic E-state index is -0.0372. The van der Waals surface area contributed by atoms with E-state index in [1.54, 1.807) is 18.4 Å². The quantitative estimate of drug-likeness (QED) is 0.489. The Balaban J connectivity index is 1.39. The van der Waals surface area contributed by atoms with Gasteiger partial charge in [0.15, 0.2) is 0 Å². The number of benzene rings is 2. The van der Waals surface area contributed by atoms with E-state index in [0.717, 1.165) is 40.4 Å². The number of hydrogen-bond donors (Lipinski definition) is 1. The van der Waals surface area contributed by atoms with Gasteiger partial charge in [-0.15, -0.1) is 11.3 Å². The first kappa shape index (κ1) is 19.6. The van der Waals surface area contributed by atoms with Gasteiger partial charge in [0, 0.05) is 17.0 Å². The molecule has 0 bridgehead atoms. The van der Waals surface area contributed by atoms with Gasteiger partial charge in [-0.25, -0.2) is 4.68 Å². The molecule has 0 fully saturated rings. The lowest BCUT2D eigenvalue weighted by molar-refractivity contribution is 0.0955. The maximum Gasteiger partial charge on any atom is 0.261 e. The van der Waals surface area contributed by atoms with E-state index in [-0.39, 0.29) is 5.91 Å². The molecular formula is C25H23N3O2S.